The minimum atomic E-state index is -0.238. The second-order valence-corrected chi connectivity index (χ2v) is 5.85. The van der Waals surface area contributed by atoms with E-state index in [-0.39, 0.29) is 17.6 Å². The van der Waals surface area contributed by atoms with E-state index in [0.717, 1.165) is 24.1 Å². The molecule has 0 saturated carbocycles. The third-order valence-electron chi connectivity index (χ3n) is 3.05. The SMILES string of the molecule is CC(C)(C)NC(=O)Nc1cccc2c1CCC2N. The van der Waals surface area contributed by atoms with Crippen molar-refractivity contribution in [2.45, 2.75) is 45.2 Å². The van der Waals surface area contributed by atoms with Gasteiger partial charge in [-0.3, -0.25) is 0 Å². The van der Waals surface area contributed by atoms with Crippen molar-refractivity contribution in [1.29, 1.82) is 0 Å². The number of carbonyl (C=O) groups is 1. The fourth-order valence-electron chi connectivity index (χ4n) is 2.30. The highest BCUT2D eigenvalue weighted by molar-refractivity contribution is 5.90. The normalized spacial score (nSPS) is 18.3. The van der Waals surface area contributed by atoms with Crippen LogP contribution in [0.15, 0.2) is 18.2 Å². The van der Waals surface area contributed by atoms with Gasteiger partial charge in [0.1, 0.15) is 0 Å². The van der Waals surface area contributed by atoms with Crippen molar-refractivity contribution >= 4 is 11.7 Å². The molecule has 0 heterocycles. The first-order chi connectivity index (χ1) is 8.37. The molecule has 0 fully saturated rings. The van der Waals surface area contributed by atoms with Crippen LogP contribution in [-0.4, -0.2) is 11.6 Å². The third-order valence-corrected chi connectivity index (χ3v) is 3.05. The zero-order valence-corrected chi connectivity index (χ0v) is 11.2. The van der Waals surface area contributed by atoms with Crippen LogP contribution in [0.25, 0.3) is 0 Å². The average Bonchev–Trinajstić information content (AvgIpc) is 2.59. The number of benzene rings is 1. The van der Waals surface area contributed by atoms with Crippen LogP contribution in [0.3, 0.4) is 0 Å². The number of carbonyl (C=O) groups excluding carboxylic acids is 1. The van der Waals surface area contributed by atoms with Crippen LogP contribution in [-0.2, 0) is 6.42 Å². The third kappa shape index (κ3) is 2.82. The second-order valence-electron chi connectivity index (χ2n) is 5.85. The fourth-order valence-corrected chi connectivity index (χ4v) is 2.30. The van der Waals surface area contributed by atoms with Crippen LogP contribution >= 0.6 is 0 Å². The standard InChI is InChI=1S/C14H21N3O/c1-14(2,3)17-13(18)16-12-6-4-5-9-10(12)7-8-11(9)15/h4-6,11H,7-8,15H2,1-3H3,(H2,16,17,18). The summed E-state index contributed by atoms with van der Waals surface area (Å²) >= 11 is 0. The summed E-state index contributed by atoms with van der Waals surface area (Å²) in [5.41, 5.74) is 8.99. The largest absolute Gasteiger partial charge is 0.333 e. The summed E-state index contributed by atoms with van der Waals surface area (Å²) in [4.78, 5) is 11.9. The monoisotopic (exact) mass is 247 g/mol. The van der Waals surface area contributed by atoms with Crippen molar-refractivity contribution in [3.63, 3.8) is 0 Å². The summed E-state index contributed by atoms with van der Waals surface area (Å²) in [5, 5.41) is 5.80. The van der Waals surface area contributed by atoms with Crippen molar-refractivity contribution < 1.29 is 4.79 Å². The maximum atomic E-state index is 11.9. The van der Waals surface area contributed by atoms with E-state index in [0.29, 0.717) is 0 Å². The number of fused-ring (bicyclic) bond motifs is 1. The molecular formula is C14H21N3O. The number of hydrogen-bond donors (Lipinski definition) is 3. The molecule has 0 saturated heterocycles. The molecule has 1 aromatic carbocycles. The zero-order valence-electron chi connectivity index (χ0n) is 11.2. The Morgan fingerprint density at radius 3 is 2.78 bits per heavy atom. The second kappa shape index (κ2) is 4.61. The predicted molar refractivity (Wildman–Crippen MR) is 73.6 cm³/mol. The first-order valence-electron chi connectivity index (χ1n) is 6.33. The van der Waals surface area contributed by atoms with Gasteiger partial charge in [-0.1, -0.05) is 12.1 Å². The summed E-state index contributed by atoms with van der Waals surface area (Å²) in [5.74, 6) is 0. The van der Waals surface area contributed by atoms with E-state index in [9.17, 15) is 4.79 Å². The minimum Gasteiger partial charge on any atom is -0.333 e. The molecule has 0 spiro atoms. The van der Waals surface area contributed by atoms with Gasteiger partial charge in [0.05, 0.1) is 0 Å². The van der Waals surface area contributed by atoms with E-state index in [1.807, 2.05) is 39.0 Å². The van der Waals surface area contributed by atoms with Gasteiger partial charge in [-0.05, 0) is 50.8 Å². The number of rotatable bonds is 1. The van der Waals surface area contributed by atoms with E-state index in [2.05, 4.69) is 10.6 Å². The Morgan fingerprint density at radius 2 is 2.11 bits per heavy atom. The molecule has 1 aliphatic rings. The molecule has 0 aliphatic heterocycles. The molecule has 0 bridgehead atoms. The first kappa shape index (κ1) is 12.9. The molecule has 2 amide bonds. The zero-order chi connectivity index (χ0) is 13.3. The lowest BCUT2D eigenvalue weighted by atomic mass is 10.1. The Kier molecular flexibility index (Phi) is 3.30. The van der Waals surface area contributed by atoms with Gasteiger partial charge < -0.3 is 16.4 Å². The molecule has 4 N–H and O–H groups in total. The highest BCUT2D eigenvalue weighted by Gasteiger charge is 2.22. The van der Waals surface area contributed by atoms with E-state index < -0.39 is 0 Å². The number of anilines is 1. The van der Waals surface area contributed by atoms with E-state index in [1.165, 1.54) is 5.56 Å². The van der Waals surface area contributed by atoms with Crippen molar-refractivity contribution in [2.24, 2.45) is 5.73 Å². The predicted octanol–water partition coefficient (Wildman–Crippen LogP) is 2.55. The van der Waals surface area contributed by atoms with Crippen molar-refractivity contribution in [1.82, 2.24) is 5.32 Å². The van der Waals surface area contributed by atoms with Gasteiger partial charge in [-0.2, -0.15) is 0 Å². The molecule has 1 aromatic rings. The maximum Gasteiger partial charge on any atom is 0.319 e. The van der Waals surface area contributed by atoms with E-state index in [4.69, 9.17) is 5.73 Å². The van der Waals surface area contributed by atoms with E-state index in [1.54, 1.807) is 0 Å². The molecule has 1 aliphatic carbocycles. The lowest BCUT2D eigenvalue weighted by molar-refractivity contribution is 0.244. The highest BCUT2D eigenvalue weighted by Crippen LogP contribution is 2.34. The van der Waals surface area contributed by atoms with E-state index >= 15 is 0 Å². The van der Waals surface area contributed by atoms with Gasteiger partial charge in [0, 0.05) is 17.3 Å². The van der Waals surface area contributed by atoms with Crippen LogP contribution in [0.1, 0.15) is 44.4 Å². The van der Waals surface area contributed by atoms with Gasteiger partial charge in [-0.25, -0.2) is 4.79 Å². The Labute approximate surface area is 108 Å². The molecular weight excluding hydrogens is 226 g/mol. The highest BCUT2D eigenvalue weighted by atomic mass is 16.2. The van der Waals surface area contributed by atoms with Crippen molar-refractivity contribution in [3.05, 3.63) is 29.3 Å². The summed E-state index contributed by atoms with van der Waals surface area (Å²) < 4.78 is 0. The molecule has 0 aromatic heterocycles. The fraction of sp³-hybridized carbons (Fsp3) is 0.500. The number of amides is 2. The maximum absolute atomic E-state index is 11.9. The van der Waals surface area contributed by atoms with Crippen LogP contribution in [0.5, 0.6) is 0 Å². The lowest BCUT2D eigenvalue weighted by Crippen LogP contribution is -2.43. The van der Waals surface area contributed by atoms with Gasteiger partial charge in [-0.15, -0.1) is 0 Å². The van der Waals surface area contributed by atoms with Gasteiger partial charge >= 0.3 is 6.03 Å². The van der Waals surface area contributed by atoms with Crippen LogP contribution in [0.4, 0.5) is 10.5 Å². The Hall–Kier alpha value is -1.55. The molecule has 98 valence electrons. The minimum absolute atomic E-state index is 0.104. The number of hydrogen-bond acceptors (Lipinski definition) is 2. The summed E-state index contributed by atoms with van der Waals surface area (Å²) in [6.07, 6.45) is 1.89. The summed E-state index contributed by atoms with van der Waals surface area (Å²) in [6, 6.07) is 5.85. The van der Waals surface area contributed by atoms with Crippen LogP contribution in [0.2, 0.25) is 0 Å². The smallest absolute Gasteiger partial charge is 0.319 e. The van der Waals surface area contributed by atoms with Crippen molar-refractivity contribution in [2.75, 3.05) is 5.32 Å². The number of nitrogens with one attached hydrogen (secondary N) is 2. The number of nitrogens with two attached hydrogens (primary N) is 1. The average molecular weight is 247 g/mol. The molecule has 0 radical (unpaired) electrons. The Morgan fingerprint density at radius 1 is 1.39 bits per heavy atom. The molecule has 18 heavy (non-hydrogen) atoms. The molecule has 4 heteroatoms. The Bertz CT molecular complexity index is 463. The molecule has 4 nitrogen and oxygen atoms in total. The molecule has 1 atom stereocenters. The van der Waals surface area contributed by atoms with Crippen LogP contribution < -0.4 is 16.4 Å². The first-order valence-corrected chi connectivity index (χ1v) is 6.33. The van der Waals surface area contributed by atoms with Crippen molar-refractivity contribution in [3.8, 4) is 0 Å². The van der Waals surface area contributed by atoms with Gasteiger partial charge in [0.2, 0.25) is 0 Å². The molecule has 2 rings (SSSR count). The topological polar surface area (TPSA) is 67.2 Å². The van der Waals surface area contributed by atoms with Gasteiger partial charge in [0.25, 0.3) is 0 Å². The summed E-state index contributed by atoms with van der Waals surface area (Å²) in [6.45, 7) is 5.87. The molecule has 1 unspecified atom stereocenters. The quantitative estimate of drug-likeness (QED) is 0.714. The van der Waals surface area contributed by atoms with Gasteiger partial charge in [0.15, 0.2) is 0 Å². The summed E-state index contributed by atoms with van der Waals surface area (Å²) in [7, 11) is 0. The number of urea groups is 1. The lowest BCUT2D eigenvalue weighted by Gasteiger charge is -2.21. The Balaban J connectivity index is 2.14. The van der Waals surface area contributed by atoms with Crippen LogP contribution in [0, 0.1) is 0 Å².